The van der Waals surface area contributed by atoms with E-state index in [9.17, 15) is 25.5 Å². The van der Waals surface area contributed by atoms with Crippen molar-refractivity contribution in [2.24, 2.45) is 0 Å². The molecule has 0 aromatic rings. The van der Waals surface area contributed by atoms with Crippen LogP contribution >= 0.6 is 0 Å². The predicted octanol–water partition coefficient (Wildman–Crippen LogP) is -3.91. The Hall–Kier alpha value is -1.20. The van der Waals surface area contributed by atoms with Crippen LogP contribution in [0.1, 0.15) is 0 Å². The fourth-order valence-electron chi connectivity index (χ4n) is 1.73. The third-order valence-electron chi connectivity index (χ3n) is 2.82. The van der Waals surface area contributed by atoms with Gasteiger partial charge < -0.3 is 45.6 Å². The SMILES string of the molecule is OC1=CC=C2OC(O)(O)C(O)(O)C2(O)C1(O)O. The monoisotopic (exact) mass is 250 g/mol. The molecule has 0 aromatic carbocycles. The molecule has 0 amide bonds. The zero-order valence-corrected chi connectivity index (χ0v) is 8.14. The van der Waals surface area contributed by atoms with Crippen molar-refractivity contribution in [3.8, 4) is 0 Å². The molecule has 1 aliphatic carbocycles. The highest BCUT2D eigenvalue weighted by atomic mass is 16.8. The van der Waals surface area contributed by atoms with Crippen molar-refractivity contribution in [3.63, 3.8) is 0 Å². The molecule has 1 fully saturated rings. The maximum Gasteiger partial charge on any atom is 0.383 e. The summed E-state index contributed by atoms with van der Waals surface area (Å²) in [5.41, 5.74) is -3.47. The molecule has 9 nitrogen and oxygen atoms in total. The molecule has 1 atom stereocenters. The molecule has 96 valence electrons. The summed E-state index contributed by atoms with van der Waals surface area (Å²) in [5, 5.41) is 75.1. The van der Waals surface area contributed by atoms with Gasteiger partial charge in [-0.05, 0) is 12.2 Å². The number of aliphatic hydroxyl groups excluding tert-OH is 1. The van der Waals surface area contributed by atoms with E-state index in [1.54, 1.807) is 0 Å². The van der Waals surface area contributed by atoms with Crippen LogP contribution in [-0.2, 0) is 4.74 Å². The van der Waals surface area contributed by atoms with Crippen LogP contribution in [0.25, 0.3) is 0 Å². The van der Waals surface area contributed by atoms with Gasteiger partial charge in [0.15, 0.2) is 5.76 Å². The molecule has 9 heteroatoms. The molecule has 2 aliphatic rings. The Morgan fingerprint density at radius 1 is 0.882 bits per heavy atom. The largest absolute Gasteiger partial charge is 0.507 e. The van der Waals surface area contributed by atoms with Gasteiger partial charge in [-0.15, -0.1) is 0 Å². The van der Waals surface area contributed by atoms with Gasteiger partial charge in [0.25, 0.3) is 5.79 Å². The number of rotatable bonds is 0. The van der Waals surface area contributed by atoms with Crippen LogP contribution in [-0.4, -0.2) is 64.0 Å². The van der Waals surface area contributed by atoms with E-state index in [0.29, 0.717) is 6.08 Å². The zero-order valence-electron chi connectivity index (χ0n) is 8.14. The lowest BCUT2D eigenvalue weighted by atomic mass is 9.79. The molecule has 0 radical (unpaired) electrons. The molecule has 0 bridgehead atoms. The Morgan fingerprint density at radius 2 is 1.41 bits per heavy atom. The van der Waals surface area contributed by atoms with Gasteiger partial charge >= 0.3 is 11.8 Å². The average Bonchev–Trinajstić information content (AvgIpc) is 2.32. The first kappa shape index (κ1) is 12.3. The summed E-state index contributed by atoms with van der Waals surface area (Å²) in [7, 11) is 0. The Kier molecular flexibility index (Phi) is 2.01. The third-order valence-corrected chi connectivity index (χ3v) is 2.82. The molecular weight excluding hydrogens is 240 g/mol. The average molecular weight is 250 g/mol. The highest BCUT2D eigenvalue weighted by molar-refractivity contribution is 5.40. The molecule has 0 aromatic heterocycles. The van der Waals surface area contributed by atoms with Gasteiger partial charge in [0.2, 0.25) is 5.60 Å². The Bertz CT molecular complexity index is 432. The lowest BCUT2D eigenvalue weighted by molar-refractivity contribution is -0.457. The van der Waals surface area contributed by atoms with Gasteiger partial charge in [0.05, 0.1) is 0 Å². The normalized spacial score (nSPS) is 36.6. The van der Waals surface area contributed by atoms with Crippen LogP contribution in [0.15, 0.2) is 23.7 Å². The smallest absolute Gasteiger partial charge is 0.383 e. The maximum atomic E-state index is 9.86. The summed E-state index contributed by atoms with van der Waals surface area (Å²) in [4.78, 5) is 0. The van der Waals surface area contributed by atoms with Gasteiger partial charge in [0, 0.05) is 0 Å². The minimum absolute atomic E-state index is 0.668. The number of fused-ring (bicyclic) bond motifs is 1. The molecule has 8 N–H and O–H groups in total. The molecule has 1 saturated heterocycles. The number of hydrogen-bond donors (Lipinski definition) is 8. The van der Waals surface area contributed by atoms with E-state index in [1.807, 2.05) is 0 Å². The van der Waals surface area contributed by atoms with Crippen molar-refractivity contribution < 1.29 is 45.6 Å². The summed E-state index contributed by atoms with van der Waals surface area (Å²) in [6.45, 7) is 0. The Labute approximate surface area is 93.4 Å². The molecular formula is C8H10O9. The van der Waals surface area contributed by atoms with Crippen molar-refractivity contribution in [3.05, 3.63) is 23.7 Å². The minimum Gasteiger partial charge on any atom is -0.507 e. The molecule has 1 aliphatic heterocycles. The summed E-state index contributed by atoms with van der Waals surface area (Å²) in [5.74, 6) is -13.3. The number of ether oxygens (including phenoxy) is 1. The van der Waals surface area contributed by atoms with Gasteiger partial charge in [-0.3, -0.25) is 0 Å². The van der Waals surface area contributed by atoms with E-state index in [1.165, 1.54) is 0 Å². The molecule has 17 heavy (non-hydrogen) atoms. The van der Waals surface area contributed by atoms with Crippen LogP contribution in [0, 0.1) is 0 Å². The Morgan fingerprint density at radius 3 is 1.94 bits per heavy atom. The van der Waals surface area contributed by atoms with Crippen LogP contribution < -0.4 is 0 Å². The molecule has 1 heterocycles. The summed E-state index contributed by atoms with van der Waals surface area (Å²) in [6, 6.07) is 0. The first-order valence-electron chi connectivity index (χ1n) is 4.36. The zero-order chi connectivity index (χ0) is 13.3. The van der Waals surface area contributed by atoms with Crippen molar-refractivity contribution >= 4 is 0 Å². The Balaban J connectivity index is 2.70. The van der Waals surface area contributed by atoms with Crippen LogP contribution in [0.2, 0.25) is 0 Å². The van der Waals surface area contributed by atoms with Gasteiger partial charge in [-0.2, -0.15) is 0 Å². The van der Waals surface area contributed by atoms with Crippen LogP contribution in [0.3, 0.4) is 0 Å². The first-order chi connectivity index (χ1) is 7.48. The second kappa shape index (κ2) is 2.79. The van der Waals surface area contributed by atoms with E-state index >= 15 is 0 Å². The van der Waals surface area contributed by atoms with Crippen LogP contribution in [0.4, 0.5) is 0 Å². The highest BCUT2D eigenvalue weighted by Crippen LogP contribution is 2.52. The number of allylic oxidation sites excluding steroid dienone is 2. The molecule has 1 unspecified atom stereocenters. The standard InChI is InChI=1S/C8H10O9/c9-3-1-2-4-5(10,6(3,11)12)7(13,14)8(15,16)17-4/h1-2,9-16H. The number of hydrogen-bond acceptors (Lipinski definition) is 9. The lowest BCUT2D eigenvalue weighted by Crippen LogP contribution is -2.72. The predicted molar refractivity (Wildman–Crippen MR) is 46.3 cm³/mol. The molecule has 0 spiro atoms. The van der Waals surface area contributed by atoms with E-state index < -0.39 is 34.7 Å². The minimum atomic E-state index is -3.89. The quantitative estimate of drug-likeness (QED) is 0.200. The van der Waals surface area contributed by atoms with Gasteiger partial charge in [-0.25, -0.2) is 0 Å². The third kappa shape index (κ3) is 1.06. The lowest BCUT2D eigenvalue weighted by Gasteiger charge is -2.42. The van der Waals surface area contributed by atoms with Crippen molar-refractivity contribution in [1.82, 2.24) is 0 Å². The van der Waals surface area contributed by atoms with Crippen LogP contribution in [0.5, 0.6) is 0 Å². The van der Waals surface area contributed by atoms with E-state index in [0.717, 1.165) is 6.08 Å². The van der Waals surface area contributed by atoms with Gasteiger partial charge in [-0.1, -0.05) is 0 Å². The van der Waals surface area contributed by atoms with E-state index in [-0.39, 0.29) is 0 Å². The van der Waals surface area contributed by atoms with Crippen molar-refractivity contribution in [2.75, 3.05) is 0 Å². The molecule has 2 rings (SSSR count). The molecule has 0 saturated carbocycles. The van der Waals surface area contributed by atoms with Gasteiger partial charge in [0.1, 0.15) is 5.76 Å². The fourth-order valence-corrected chi connectivity index (χ4v) is 1.73. The topological polar surface area (TPSA) is 171 Å². The van der Waals surface area contributed by atoms with E-state index in [2.05, 4.69) is 4.74 Å². The highest BCUT2D eigenvalue weighted by Gasteiger charge is 2.81. The second-order valence-corrected chi connectivity index (χ2v) is 3.85. The maximum absolute atomic E-state index is 9.86. The fraction of sp³-hybridized carbons (Fsp3) is 0.500. The van der Waals surface area contributed by atoms with Crippen molar-refractivity contribution in [1.29, 1.82) is 0 Å². The number of aliphatic hydroxyl groups is 8. The first-order valence-corrected chi connectivity index (χ1v) is 4.36. The van der Waals surface area contributed by atoms with E-state index in [4.69, 9.17) is 15.3 Å². The second-order valence-electron chi connectivity index (χ2n) is 3.85. The summed E-state index contributed by atoms with van der Waals surface area (Å²) < 4.78 is 4.20. The summed E-state index contributed by atoms with van der Waals surface area (Å²) >= 11 is 0. The van der Waals surface area contributed by atoms with Crippen molar-refractivity contribution in [2.45, 2.75) is 23.1 Å². The summed E-state index contributed by atoms with van der Waals surface area (Å²) in [6.07, 6.45) is 1.39.